The van der Waals surface area contributed by atoms with E-state index >= 15 is 0 Å². The summed E-state index contributed by atoms with van der Waals surface area (Å²) in [7, 11) is -8.67. The Labute approximate surface area is 242 Å². The van der Waals surface area contributed by atoms with Gasteiger partial charge in [-0.2, -0.15) is 0 Å². The molecule has 0 atom stereocenters. The summed E-state index contributed by atoms with van der Waals surface area (Å²) in [6.07, 6.45) is 0.453. The Morgan fingerprint density at radius 1 is 0.738 bits per heavy atom. The highest BCUT2D eigenvalue weighted by molar-refractivity contribution is 7.93. The van der Waals surface area contributed by atoms with Crippen molar-refractivity contribution in [2.75, 3.05) is 4.72 Å². The van der Waals surface area contributed by atoms with Crippen LogP contribution in [0.3, 0.4) is 0 Å². The zero-order valence-electron chi connectivity index (χ0n) is 22.4. The molecule has 0 amide bonds. The average Bonchev–Trinajstić information content (AvgIpc) is 3.27. The molecule has 8 nitrogen and oxygen atoms in total. The molecule has 0 radical (unpaired) electrons. The van der Waals surface area contributed by atoms with Gasteiger partial charge in [0.15, 0.2) is 5.65 Å². The Morgan fingerprint density at radius 2 is 1.33 bits per heavy atom. The van der Waals surface area contributed by atoms with E-state index in [0.717, 1.165) is 35.4 Å². The minimum Gasteiger partial charge on any atom is -0.309 e. The first-order valence-electron chi connectivity index (χ1n) is 13.1. The molecule has 0 saturated heterocycles. The van der Waals surface area contributed by atoms with Crippen LogP contribution in [0.1, 0.15) is 11.1 Å². The fourth-order valence-corrected chi connectivity index (χ4v) is 7.45. The maximum atomic E-state index is 14.3. The van der Waals surface area contributed by atoms with Crippen LogP contribution in [-0.2, 0) is 32.8 Å². The molecule has 0 aliphatic carbocycles. The van der Waals surface area contributed by atoms with Gasteiger partial charge in [-0.1, -0.05) is 60.2 Å². The van der Waals surface area contributed by atoms with Crippen molar-refractivity contribution in [1.29, 1.82) is 0 Å². The number of sulfonamides is 1. The van der Waals surface area contributed by atoms with Crippen molar-refractivity contribution in [3.8, 4) is 0 Å². The molecule has 212 valence electrons. The minimum absolute atomic E-state index is 0.0209. The SMILES string of the molecule is Cc1ccc(S(=O)(=O)c2c(NS(=O)(=O)c3ccc(F)cc3)n(CCc3ccccc3)c3nc4ccccc4nc23)cc1. The molecule has 0 spiro atoms. The smallest absolute Gasteiger partial charge is 0.263 e. The van der Waals surface area contributed by atoms with E-state index in [-0.39, 0.29) is 38.2 Å². The summed E-state index contributed by atoms with van der Waals surface area (Å²) in [6, 6.07) is 27.2. The average molecular weight is 601 g/mol. The molecule has 0 aliphatic heterocycles. The van der Waals surface area contributed by atoms with E-state index in [4.69, 9.17) is 9.97 Å². The number of hydrogen-bond acceptors (Lipinski definition) is 6. The van der Waals surface area contributed by atoms with Gasteiger partial charge in [-0.15, -0.1) is 0 Å². The molecule has 1 N–H and O–H groups in total. The number of sulfone groups is 1. The molecule has 2 aromatic heterocycles. The first-order chi connectivity index (χ1) is 20.1. The van der Waals surface area contributed by atoms with Crippen molar-refractivity contribution < 1.29 is 21.2 Å². The van der Waals surface area contributed by atoms with Gasteiger partial charge in [-0.05, 0) is 67.4 Å². The topological polar surface area (TPSA) is 111 Å². The summed E-state index contributed by atoms with van der Waals surface area (Å²) in [5, 5.41) is 0. The van der Waals surface area contributed by atoms with Crippen molar-refractivity contribution >= 4 is 47.9 Å². The maximum absolute atomic E-state index is 14.3. The van der Waals surface area contributed by atoms with Crippen LogP contribution in [0.4, 0.5) is 10.2 Å². The van der Waals surface area contributed by atoms with Crippen molar-refractivity contribution in [1.82, 2.24) is 14.5 Å². The third-order valence-electron chi connectivity index (χ3n) is 6.93. The minimum atomic E-state index is -4.36. The number of halogens is 1. The predicted molar refractivity (Wildman–Crippen MR) is 159 cm³/mol. The largest absolute Gasteiger partial charge is 0.309 e. The van der Waals surface area contributed by atoms with E-state index in [2.05, 4.69) is 4.72 Å². The summed E-state index contributed by atoms with van der Waals surface area (Å²) in [5.41, 5.74) is 3.06. The summed E-state index contributed by atoms with van der Waals surface area (Å²) >= 11 is 0. The molecule has 6 aromatic rings. The second-order valence-corrected chi connectivity index (χ2v) is 13.4. The van der Waals surface area contributed by atoms with Gasteiger partial charge in [0.25, 0.3) is 10.0 Å². The third-order valence-corrected chi connectivity index (χ3v) is 10.1. The van der Waals surface area contributed by atoms with Crippen LogP contribution in [0, 0.1) is 12.7 Å². The Balaban J connectivity index is 1.64. The second kappa shape index (κ2) is 10.7. The number of nitrogens with zero attached hydrogens (tertiary/aromatic N) is 3. The second-order valence-electron chi connectivity index (χ2n) is 9.83. The molecule has 0 fully saturated rings. The van der Waals surface area contributed by atoms with E-state index in [1.54, 1.807) is 41.0 Å². The fraction of sp³-hybridized carbons (Fsp3) is 0.0968. The van der Waals surface area contributed by atoms with Gasteiger partial charge in [0.1, 0.15) is 22.0 Å². The molecule has 4 aromatic carbocycles. The van der Waals surface area contributed by atoms with E-state index in [9.17, 15) is 21.2 Å². The van der Waals surface area contributed by atoms with Crippen LogP contribution in [0.2, 0.25) is 0 Å². The summed E-state index contributed by atoms with van der Waals surface area (Å²) in [5.74, 6) is -0.796. The molecule has 11 heteroatoms. The van der Waals surface area contributed by atoms with Gasteiger partial charge in [0, 0.05) is 6.54 Å². The standard InChI is InChI=1S/C31H25FN4O4S2/c1-21-11-15-24(16-12-21)41(37,38)29-28-30(34-27-10-6-5-9-26(27)33-28)36(20-19-22-7-3-2-4-8-22)31(29)35-42(39,40)25-17-13-23(32)14-18-25/h2-18,35H,19-20H2,1H3. The maximum Gasteiger partial charge on any atom is 0.263 e. The number of rotatable bonds is 8. The van der Waals surface area contributed by atoms with Gasteiger partial charge < -0.3 is 4.57 Å². The molecule has 2 heterocycles. The van der Waals surface area contributed by atoms with E-state index in [1.165, 1.54) is 12.1 Å². The van der Waals surface area contributed by atoms with Crippen LogP contribution < -0.4 is 4.72 Å². The normalized spacial score (nSPS) is 12.1. The molecule has 6 rings (SSSR count). The lowest BCUT2D eigenvalue weighted by atomic mass is 10.1. The summed E-state index contributed by atoms with van der Waals surface area (Å²) in [4.78, 5) is 8.89. The first-order valence-corrected chi connectivity index (χ1v) is 16.0. The summed E-state index contributed by atoms with van der Waals surface area (Å²) < 4.78 is 73.5. The quantitative estimate of drug-likeness (QED) is 0.233. The predicted octanol–water partition coefficient (Wildman–Crippen LogP) is 5.91. The zero-order valence-corrected chi connectivity index (χ0v) is 24.0. The number of hydrogen-bond donors (Lipinski definition) is 1. The van der Waals surface area contributed by atoms with Crippen LogP contribution in [-0.4, -0.2) is 31.4 Å². The highest BCUT2D eigenvalue weighted by atomic mass is 32.2. The lowest BCUT2D eigenvalue weighted by molar-refractivity contribution is 0.596. The molecule has 0 unspecified atom stereocenters. The van der Waals surface area contributed by atoms with Crippen LogP contribution >= 0.6 is 0 Å². The van der Waals surface area contributed by atoms with Crippen molar-refractivity contribution in [2.45, 2.75) is 34.6 Å². The van der Waals surface area contributed by atoms with E-state index < -0.39 is 25.7 Å². The lowest BCUT2D eigenvalue weighted by Crippen LogP contribution is -2.19. The van der Waals surface area contributed by atoms with Crippen molar-refractivity contribution in [3.05, 3.63) is 120 Å². The molecular formula is C31H25FN4O4S2. The van der Waals surface area contributed by atoms with Crippen LogP contribution in [0.15, 0.2) is 118 Å². The highest BCUT2D eigenvalue weighted by Gasteiger charge is 2.33. The number of aromatic nitrogens is 3. The van der Waals surface area contributed by atoms with Gasteiger partial charge in [-0.3, -0.25) is 4.72 Å². The third kappa shape index (κ3) is 5.12. The Bertz CT molecular complexity index is 2150. The van der Waals surface area contributed by atoms with Gasteiger partial charge in [0.05, 0.1) is 20.8 Å². The van der Waals surface area contributed by atoms with Crippen LogP contribution in [0.5, 0.6) is 0 Å². The molecule has 0 aliphatic rings. The Kier molecular flexibility index (Phi) is 6.99. The zero-order chi connectivity index (χ0) is 29.5. The molecule has 0 saturated carbocycles. The van der Waals surface area contributed by atoms with Crippen molar-refractivity contribution in [2.24, 2.45) is 0 Å². The van der Waals surface area contributed by atoms with E-state index in [0.29, 0.717) is 17.5 Å². The van der Waals surface area contributed by atoms with Crippen molar-refractivity contribution in [3.63, 3.8) is 0 Å². The fourth-order valence-electron chi connectivity index (χ4n) is 4.77. The lowest BCUT2D eigenvalue weighted by Gasteiger charge is -2.15. The summed E-state index contributed by atoms with van der Waals surface area (Å²) in [6.45, 7) is 2.03. The molecule has 42 heavy (non-hydrogen) atoms. The number of anilines is 1. The number of para-hydroxylation sites is 2. The first kappa shape index (κ1) is 27.6. The Hall–Kier alpha value is -4.61. The highest BCUT2D eigenvalue weighted by Crippen LogP contribution is 2.38. The molecule has 0 bridgehead atoms. The van der Waals surface area contributed by atoms with Gasteiger partial charge in [0.2, 0.25) is 9.84 Å². The number of aryl methyl sites for hydroxylation is 3. The molecular weight excluding hydrogens is 575 g/mol. The number of benzene rings is 4. The Morgan fingerprint density at radius 3 is 2.00 bits per heavy atom. The number of fused-ring (bicyclic) bond motifs is 2. The monoisotopic (exact) mass is 600 g/mol. The van der Waals surface area contributed by atoms with Gasteiger partial charge >= 0.3 is 0 Å². The van der Waals surface area contributed by atoms with E-state index in [1.807, 2.05) is 37.3 Å². The van der Waals surface area contributed by atoms with Crippen LogP contribution in [0.25, 0.3) is 22.2 Å². The number of nitrogens with one attached hydrogen (secondary N) is 1. The van der Waals surface area contributed by atoms with Gasteiger partial charge in [-0.25, -0.2) is 31.2 Å².